The minimum Gasteiger partial charge on any atom is -0.493 e. The maximum Gasteiger partial charge on any atom is 0.123 e. The molecule has 2 nitrogen and oxygen atoms in total. The fourth-order valence-corrected chi connectivity index (χ4v) is 2.56. The fraction of sp³-hybridized carbons (Fsp3) is 0.375. The predicted octanol–water partition coefficient (Wildman–Crippen LogP) is 4.01. The third-order valence-corrected chi connectivity index (χ3v) is 3.68. The second-order valence-electron chi connectivity index (χ2n) is 5.02. The third-order valence-electron chi connectivity index (χ3n) is 2.95. The molecule has 1 N–H and O–H groups in total. The van der Waals surface area contributed by atoms with Crippen molar-refractivity contribution in [3.63, 3.8) is 0 Å². The highest BCUT2D eigenvalue weighted by atomic mass is 32.1. The second kappa shape index (κ2) is 7.41. The summed E-state index contributed by atoms with van der Waals surface area (Å²) in [5.74, 6) is 0.533. The van der Waals surface area contributed by atoms with Crippen LogP contribution in [0.1, 0.15) is 25.0 Å². The normalized spacial score (nSPS) is 11.0. The van der Waals surface area contributed by atoms with Crippen LogP contribution in [0.4, 0.5) is 4.39 Å². The van der Waals surface area contributed by atoms with Crippen molar-refractivity contribution < 1.29 is 9.13 Å². The first-order valence-corrected chi connectivity index (χ1v) is 7.75. The number of benzene rings is 1. The number of nitrogens with one attached hydrogen (secondary N) is 1. The summed E-state index contributed by atoms with van der Waals surface area (Å²) in [6.45, 7) is 5.35. The van der Waals surface area contributed by atoms with Gasteiger partial charge in [-0.05, 0) is 40.6 Å². The van der Waals surface area contributed by atoms with Crippen LogP contribution in [-0.4, -0.2) is 12.6 Å². The Kier molecular flexibility index (Phi) is 5.56. The van der Waals surface area contributed by atoms with Crippen molar-refractivity contribution >= 4 is 11.3 Å². The Morgan fingerprint density at radius 3 is 2.85 bits per heavy atom. The van der Waals surface area contributed by atoms with Gasteiger partial charge >= 0.3 is 0 Å². The fourth-order valence-electron chi connectivity index (χ4n) is 1.85. The lowest BCUT2D eigenvalue weighted by atomic mass is 10.2. The lowest BCUT2D eigenvalue weighted by Crippen LogP contribution is -2.22. The molecule has 0 saturated carbocycles. The Labute approximate surface area is 123 Å². The van der Waals surface area contributed by atoms with E-state index in [-0.39, 0.29) is 5.82 Å². The van der Waals surface area contributed by atoms with Crippen molar-refractivity contribution in [2.75, 3.05) is 6.61 Å². The average Bonchev–Trinajstić information content (AvgIpc) is 2.91. The Morgan fingerprint density at radius 2 is 2.15 bits per heavy atom. The molecule has 1 aromatic heterocycles. The molecular weight excluding hydrogens is 273 g/mol. The van der Waals surface area contributed by atoms with Crippen molar-refractivity contribution in [1.82, 2.24) is 5.32 Å². The van der Waals surface area contributed by atoms with Crippen LogP contribution in [0.25, 0.3) is 0 Å². The first-order chi connectivity index (χ1) is 9.65. The third kappa shape index (κ3) is 4.62. The summed E-state index contributed by atoms with van der Waals surface area (Å²) < 4.78 is 19.1. The first kappa shape index (κ1) is 15.0. The van der Waals surface area contributed by atoms with Crippen LogP contribution in [0, 0.1) is 5.82 Å². The molecule has 1 aromatic carbocycles. The Morgan fingerprint density at radius 1 is 1.30 bits per heavy atom. The molecule has 2 rings (SSSR count). The molecule has 0 radical (unpaired) electrons. The van der Waals surface area contributed by atoms with Crippen LogP contribution in [-0.2, 0) is 13.0 Å². The van der Waals surface area contributed by atoms with Crippen LogP contribution < -0.4 is 10.1 Å². The van der Waals surface area contributed by atoms with Gasteiger partial charge in [0, 0.05) is 24.6 Å². The molecule has 0 spiro atoms. The number of ether oxygens (including phenoxy) is 1. The molecule has 0 aliphatic heterocycles. The van der Waals surface area contributed by atoms with E-state index in [1.165, 1.54) is 17.7 Å². The number of hydrogen-bond acceptors (Lipinski definition) is 3. The van der Waals surface area contributed by atoms with E-state index in [2.05, 4.69) is 36.0 Å². The van der Waals surface area contributed by atoms with Gasteiger partial charge in [0.15, 0.2) is 0 Å². The highest BCUT2D eigenvalue weighted by Crippen LogP contribution is 2.20. The first-order valence-electron chi connectivity index (χ1n) is 6.81. The van der Waals surface area contributed by atoms with E-state index in [0.717, 1.165) is 17.7 Å². The lowest BCUT2D eigenvalue weighted by molar-refractivity contribution is 0.317. The van der Waals surface area contributed by atoms with Crippen molar-refractivity contribution in [2.24, 2.45) is 0 Å². The molecule has 0 aliphatic carbocycles. The van der Waals surface area contributed by atoms with E-state index in [1.807, 2.05) is 0 Å². The van der Waals surface area contributed by atoms with Gasteiger partial charge in [0.05, 0.1) is 6.61 Å². The van der Waals surface area contributed by atoms with Crippen molar-refractivity contribution in [3.05, 3.63) is 52.0 Å². The summed E-state index contributed by atoms with van der Waals surface area (Å²) in [6, 6.07) is 7.14. The highest BCUT2D eigenvalue weighted by Gasteiger charge is 2.06. The summed E-state index contributed by atoms with van der Waals surface area (Å²) in [7, 11) is 0. The standard InChI is InChI=1S/C16H20FNOS/c1-12(2)18-10-14-9-15(17)3-4-16(14)19-7-5-13-6-8-20-11-13/h3-4,6,8-9,11-12,18H,5,7,10H2,1-2H3. The summed E-state index contributed by atoms with van der Waals surface area (Å²) in [6.07, 6.45) is 0.873. The molecule has 0 atom stereocenters. The highest BCUT2D eigenvalue weighted by molar-refractivity contribution is 7.07. The van der Waals surface area contributed by atoms with E-state index in [1.54, 1.807) is 17.4 Å². The molecule has 0 amide bonds. The largest absolute Gasteiger partial charge is 0.493 e. The van der Waals surface area contributed by atoms with Gasteiger partial charge in [0.25, 0.3) is 0 Å². The summed E-state index contributed by atoms with van der Waals surface area (Å²) in [4.78, 5) is 0. The summed E-state index contributed by atoms with van der Waals surface area (Å²) in [5.41, 5.74) is 2.14. The average molecular weight is 293 g/mol. The van der Waals surface area contributed by atoms with Gasteiger partial charge in [0.2, 0.25) is 0 Å². The van der Waals surface area contributed by atoms with Crippen LogP contribution in [0.15, 0.2) is 35.0 Å². The molecule has 0 unspecified atom stereocenters. The molecule has 4 heteroatoms. The van der Waals surface area contributed by atoms with Crippen LogP contribution in [0.5, 0.6) is 5.75 Å². The predicted molar refractivity (Wildman–Crippen MR) is 81.9 cm³/mol. The smallest absolute Gasteiger partial charge is 0.123 e. The topological polar surface area (TPSA) is 21.3 Å². The zero-order chi connectivity index (χ0) is 14.4. The van der Waals surface area contributed by atoms with Gasteiger partial charge in [-0.25, -0.2) is 4.39 Å². The lowest BCUT2D eigenvalue weighted by Gasteiger charge is -2.13. The zero-order valence-electron chi connectivity index (χ0n) is 11.9. The Bertz CT molecular complexity index is 525. The van der Waals surface area contributed by atoms with E-state index >= 15 is 0 Å². The number of hydrogen-bond donors (Lipinski definition) is 1. The Balaban J connectivity index is 1.95. The van der Waals surface area contributed by atoms with E-state index in [4.69, 9.17) is 4.74 Å². The van der Waals surface area contributed by atoms with E-state index in [0.29, 0.717) is 19.2 Å². The van der Waals surface area contributed by atoms with Crippen LogP contribution >= 0.6 is 11.3 Å². The zero-order valence-corrected chi connectivity index (χ0v) is 12.7. The molecule has 20 heavy (non-hydrogen) atoms. The van der Waals surface area contributed by atoms with Crippen molar-refractivity contribution in [2.45, 2.75) is 32.9 Å². The minimum absolute atomic E-state index is 0.226. The quantitative estimate of drug-likeness (QED) is 0.833. The summed E-state index contributed by atoms with van der Waals surface area (Å²) >= 11 is 1.69. The van der Waals surface area contributed by atoms with Gasteiger partial charge in [-0.2, -0.15) is 11.3 Å². The van der Waals surface area contributed by atoms with Gasteiger partial charge in [-0.3, -0.25) is 0 Å². The molecular formula is C16H20FNOS. The van der Waals surface area contributed by atoms with Crippen LogP contribution in [0.3, 0.4) is 0 Å². The van der Waals surface area contributed by atoms with Gasteiger partial charge in [-0.1, -0.05) is 13.8 Å². The summed E-state index contributed by atoms with van der Waals surface area (Å²) in [5, 5.41) is 7.47. The van der Waals surface area contributed by atoms with Gasteiger partial charge in [0.1, 0.15) is 11.6 Å². The van der Waals surface area contributed by atoms with E-state index in [9.17, 15) is 4.39 Å². The minimum atomic E-state index is -0.226. The van der Waals surface area contributed by atoms with Crippen LogP contribution in [0.2, 0.25) is 0 Å². The molecule has 0 aliphatic rings. The van der Waals surface area contributed by atoms with Crippen molar-refractivity contribution in [1.29, 1.82) is 0 Å². The maximum atomic E-state index is 13.3. The second-order valence-corrected chi connectivity index (χ2v) is 5.80. The molecule has 1 heterocycles. The van der Waals surface area contributed by atoms with Crippen molar-refractivity contribution in [3.8, 4) is 5.75 Å². The maximum absolute atomic E-state index is 13.3. The van der Waals surface area contributed by atoms with Gasteiger partial charge < -0.3 is 10.1 Å². The number of halogens is 1. The molecule has 0 fully saturated rings. The molecule has 2 aromatic rings. The molecule has 108 valence electrons. The SMILES string of the molecule is CC(C)NCc1cc(F)ccc1OCCc1ccsc1. The van der Waals surface area contributed by atoms with Gasteiger partial charge in [-0.15, -0.1) is 0 Å². The number of rotatable bonds is 7. The van der Waals surface area contributed by atoms with E-state index < -0.39 is 0 Å². The number of thiophene rings is 1. The molecule has 0 saturated heterocycles. The molecule has 0 bridgehead atoms. The Hall–Kier alpha value is -1.39. The monoisotopic (exact) mass is 293 g/mol.